The molecule has 2 unspecified atom stereocenters. The fourth-order valence-corrected chi connectivity index (χ4v) is 3.71. The SMILES string of the molecule is CC1(C)C2C(=O)N(CCCCCCCCCS)C(=O)C21. The molecule has 0 radical (unpaired) electrons. The standard InChI is InChI=1S/C16H27NO2S/c1-16(2)12-13(16)15(19)17(14(12)18)10-8-6-4-3-5-7-9-11-20/h12-13,20H,3-11H2,1-2H3. The van der Waals surface area contributed by atoms with Crippen molar-refractivity contribution in [1.82, 2.24) is 4.90 Å². The van der Waals surface area contributed by atoms with Crippen LogP contribution in [-0.4, -0.2) is 29.0 Å². The molecule has 0 bridgehead atoms. The fourth-order valence-electron chi connectivity index (χ4n) is 3.49. The average Bonchev–Trinajstić information content (AvgIpc) is 2.87. The molecule has 0 aromatic carbocycles. The lowest BCUT2D eigenvalue weighted by atomic mass is 10.0. The second-order valence-electron chi connectivity index (χ2n) is 6.80. The zero-order valence-corrected chi connectivity index (χ0v) is 13.6. The number of hydrogen-bond acceptors (Lipinski definition) is 3. The summed E-state index contributed by atoms with van der Waals surface area (Å²) in [5.41, 5.74) is -0.0718. The second-order valence-corrected chi connectivity index (χ2v) is 7.25. The van der Waals surface area contributed by atoms with Crippen molar-refractivity contribution in [3.05, 3.63) is 0 Å². The molecule has 114 valence electrons. The van der Waals surface area contributed by atoms with E-state index < -0.39 is 0 Å². The summed E-state index contributed by atoms with van der Waals surface area (Å²) in [6, 6.07) is 0. The van der Waals surface area contributed by atoms with Crippen LogP contribution in [0.25, 0.3) is 0 Å². The van der Waals surface area contributed by atoms with Gasteiger partial charge in [-0.25, -0.2) is 0 Å². The van der Waals surface area contributed by atoms with E-state index >= 15 is 0 Å². The van der Waals surface area contributed by atoms with Gasteiger partial charge in [-0.05, 0) is 24.0 Å². The zero-order valence-electron chi connectivity index (χ0n) is 12.7. The topological polar surface area (TPSA) is 37.4 Å². The Morgan fingerprint density at radius 3 is 1.85 bits per heavy atom. The minimum absolute atomic E-state index is 0.0174. The quantitative estimate of drug-likeness (QED) is 0.403. The number of piperidine rings is 1. The van der Waals surface area contributed by atoms with Crippen molar-refractivity contribution in [1.29, 1.82) is 0 Å². The highest BCUT2D eigenvalue weighted by atomic mass is 32.1. The van der Waals surface area contributed by atoms with E-state index in [2.05, 4.69) is 12.6 Å². The normalized spacial score (nSPS) is 27.1. The van der Waals surface area contributed by atoms with Gasteiger partial charge in [-0.15, -0.1) is 0 Å². The van der Waals surface area contributed by atoms with Crippen LogP contribution in [0.1, 0.15) is 58.8 Å². The summed E-state index contributed by atoms with van der Waals surface area (Å²) in [5.74, 6) is 1.11. The maximum absolute atomic E-state index is 12.1. The molecule has 1 heterocycles. The van der Waals surface area contributed by atoms with Crippen LogP contribution in [0.3, 0.4) is 0 Å². The lowest BCUT2D eigenvalue weighted by Crippen LogP contribution is -2.36. The molecule has 1 aliphatic heterocycles. The largest absolute Gasteiger partial charge is 0.282 e. The number of nitrogens with zero attached hydrogens (tertiary/aromatic N) is 1. The van der Waals surface area contributed by atoms with Gasteiger partial charge in [0, 0.05) is 6.54 Å². The highest BCUT2D eigenvalue weighted by Gasteiger charge is 2.72. The molecule has 2 amide bonds. The number of carbonyl (C=O) groups is 2. The Morgan fingerprint density at radius 2 is 1.35 bits per heavy atom. The highest BCUT2D eigenvalue weighted by molar-refractivity contribution is 7.80. The van der Waals surface area contributed by atoms with Gasteiger partial charge < -0.3 is 0 Å². The number of unbranched alkanes of at least 4 members (excludes halogenated alkanes) is 6. The van der Waals surface area contributed by atoms with Gasteiger partial charge in [0.2, 0.25) is 11.8 Å². The van der Waals surface area contributed by atoms with E-state index in [9.17, 15) is 9.59 Å². The molecule has 2 fully saturated rings. The third-order valence-corrected chi connectivity index (χ3v) is 5.25. The van der Waals surface area contributed by atoms with E-state index in [0.29, 0.717) is 6.54 Å². The summed E-state index contributed by atoms with van der Waals surface area (Å²) in [7, 11) is 0. The monoisotopic (exact) mass is 297 g/mol. The van der Waals surface area contributed by atoms with Gasteiger partial charge in [0.1, 0.15) is 0 Å². The molecule has 1 aliphatic carbocycles. The summed E-state index contributed by atoms with van der Waals surface area (Å²) in [4.78, 5) is 25.7. The fraction of sp³-hybridized carbons (Fsp3) is 0.875. The molecule has 0 aromatic heterocycles. The molecule has 20 heavy (non-hydrogen) atoms. The van der Waals surface area contributed by atoms with Crippen LogP contribution in [0.4, 0.5) is 0 Å². The minimum atomic E-state index is -0.0718. The molecule has 1 saturated heterocycles. The molecular weight excluding hydrogens is 270 g/mol. The number of hydrogen-bond donors (Lipinski definition) is 1. The van der Waals surface area contributed by atoms with Crippen molar-refractivity contribution in [2.75, 3.05) is 12.3 Å². The Morgan fingerprint density at radius 1 is 0.900 bits per heavy atom. The van der Waals surface area contributed by atoms with Crippen LogP contribution in [0.2, 0.25) is 0 Å². The third kappa shape index (κ3) is 3.05. The molecule has 2 aliphatic rings. The Kier molecular flexibility index (Phi) is 5.16. The summed E-state index contributed by atoms with van der Waals surface area (Å²) in [6.07, 6.45) is 8.31. The molecule has 2 atom stereocenters. The van der Waals surface area contributed by atoms with Gasteiger partial charge in [0.15, 0.2) is 0 Å². The van der Waals surface area contributed by atoms with Gasteiger partial charge in [-0.3, -0.25) is 14.5 Å². The van der Waals surface area contributed by atoms with E-state index in [1.165, 1.54) is 37.0 Å². The Balaban J connectivity index is 1.58. The lowest BCUT2D eigenvalue weighted by molar-refractivity contribution is -0.143. The number of amides is 2. The number of fused-ring (bicyclic) bond motifs is 1. The highest BCUT2D eigenvalue weighted by Crippen LogP contribution is 2.63. The first-order valence-electron chi connectivity index (χ1n) is 7.98. The predicted octanol–water partition coefficient (Wildman–Crippen LogP) is 3.29. The van der Waals surface area contributed by atoms with Crippen molar-refractivity contribution in [3.8, 4) is 0 Å². The smallest absolute Gasteiger partial charge is 0.233 e. The predicted molar refractivity (Wildman–Crippen MR) is 83.7 cm³/mol. The van der Waals surface area contributed by atoms with Crippen molar-refractivity contribution in [2.45, 2.75) is 58.8 Å². The molecule has 0 N–H and O–H groups in total. The van der Waals surface area contributed by atoms with Gasteiger partial charge >= 0.3 is 0 Å². The lowest BCUT2D eigenvalue weighted by Gasteiger charge is -2.20. The van der Waals surface area contributed by atoms with Crippen molar-refractivity contribution < 1.29 is 9.59 Å². The Labute approximate surface area is 127 Å². The second kappa shape index (κ2) is 6.50. The Hall–Kier alpha value is -0.510. The van der Waals surface area contributed by atoms with E-state index in [4.69, 9.17) is 0 Å². The molecule has 0 spiro atoms. The molecule has 0 aromatic rings. The van der Waals surface area contributed by atoms with Crippen molar-refractivity contribution >= 4 is 24.4 Å². The van der Waals surface area contributed by atoms with Crippen LogP contribution in [0.5, 0.6) is 0 Å². The maximum Gasteiger partial charge on any atom is 0.233 e. The molecule has 2 rings (SSSR count). The van der Waals surface area contributed by atoms with Gasteiger partial charge in [0.25, 0.3) is 0 Å². The van der Waals surface area contributed by atoms with E-state index in [1.54, 1.807) is 0 Å². The van der Waals surface area contributed by atoms with Crippen LogP contribution >= 0.6 is 12.6 Å². The average molecular weight is 297 g/mol. The van der Waals surface area contributed by atoms with Crippen LogP contribution in [0.15, 0.2) is 0 Å². The summed E-state index contributed by atoms with van der Waals surface area (Å²) >= 11 is 4.20. The first-order chi connectivity index (χ1) is 9.51. The number of carbonyl (C=O) groups excluding carboxylic acids is 2. The van der Waals surface area contributed by atoms with E-state index in [1.807, 2.05) is 13.8 Å². The van der Waals surface area contributed by atoms with Crippen molar-refractivity contribution in [3.63, 3.8) is 0 Å². The number of imide groups is 1. The van der Waals surface area contributed by atoms with E-state index in [-0.39, 0.29) is 29.1 Å². The summed E-state index contributed by atoms with van der Waals surface area (Å²) in [6.45, 7) is 4.69. The molecule has 3 nitrogen and oxygen atoms in total. The number of thiol groups is 1. The summed E-state index contributed by atoms with van der Waals surface area (Å²) < 4.78 is 0. The maximum atomic E-state index is 12.1. The van der Waals surface area contributed by atoms with Crippen molar-refractivity contribution in [2.24, 2.45) is 17.3 Å². The summed E-state index contributed by atoms with van der Waals surface area (Å²) in [5, 5.41) is 0. The van der Waals surface area contributed by atoms with Gasteiger partial charge in [-0.1, -0.05) is 46.0 Å². The first-order valence-corrected chi connectivity index (χ1v) is 8.61. The molecule has 1 saturated carbocycles. The van der Waals surface area contributed by atoms with Crippen LogP contribution in [-0.2, 0) is 9.59 Å². The molecular formula is C16H27NO2S. The van der Waals surface area contributed by atoms with Gasteiger partial charge in [-0.2, -0.15) is 12.6 Å². The third-order valence-electron chi connectivity index (χ3n) is 4.93. The minimum Gasteiger partial charge on any atom is -0.282 e. The van der Waals surface area contributed by atoms with Crippen LogP contribution in [0, 0.1) is 17.3 Å². The Bertz CT molecular complexity index is 357. The van der Waals surface area contributed by atoms with Crippen LogP contribution < -0.4 is 0 Å². The zero-order chi connectivity index (χ0) is 14.8. The van der Waals surface area contributed by atoms with Gasteiger partial charge in [0.05, 0.1) is 11.8 Å². The van der Waals surface area contributed by atoms with E-state index in [0.717, 1.165) is 18.6 Å². The first kappa shape index (κ1) is 15.9. The molecule has 4 heteroatoms. The number of rotatable bonds is 9. The number of likely N-dealkylation sites (tertiary alicyclic amines) is 1.